The standard InChI is InChI=1S/C11H12N6O2/c1-15(5-2-3-12)10(18)8-17-11(19)16-6-4-13-7-9(16)14-17/h4,6-7H,2,5,8H2,1H3. The average Bonchev–Trinajstić information content (AvgIpc) is 2.73. The van der Waals surface area contributed by atoms with Crippen molar-refractivity contribution in [3.63, 3.8) is 0 Å². The lowest BCUT2D eigenvalue weighted by atomic mass is 10.4. The van der Waals surface area contributed by atoms with E-state index in [-0.39, 0.29) is 24.6 Å². The van der Waals surface area contributed by atoms with E-state index in [1.54, 1.807) is 7.05 Å². The van der Waals surface area contributed by atoms with Crippen LogP contribution < -0.4 is 5.69 Å². The summed E-state index contributed by atoms with van der Waals surface area (Å²) in [5.41, 5.74) is -0.000545. The normalized spacial score (nSPS) is 10.3. The molecule has 0 aromatic carbocycles. The lowest BCUT2D eigenvalue weighted by Gasteiger charge is -2.14. The van der Waals surface area contributed by atoms with Crippen LogP contribution in [0.15, 0.2) is 23.4 Å². The number of nitriles is 1. The molecule has 0 aliphatic heterocycles. The molecule has 0 aliphatic carbocycles. The molecule has 0 bridgehead atoms. The van der Waals surface area contributed by atoms with Crippen molar-refractivity contribution < 1.29 is 4.79 Å². The molecule has 2 heterocycles. The van der Waals surface area contributed by atoms with Gasteiger partial charge in [0.1, 0.15) is 6.54 Å². The van der Waals surface area contributed by atoms with E-state index in [0.717, 1.165) is 4.68 Å². The third kappa shape index (κ3) is 2.60. The molecular weight excluding hydrogens is 248 g/mol. The Kier molecular flexibility index (Phi) is 3.56. The third-order valence-electron chi connectivity index (χ3n) is 2.66. The molecule has 0 fully saturated rings. The van der Waals surface area contributed by atoms with Crippen molar-refractivity contribution in [2.45, 2.75) is 13.0 Å². The van der Waals surface area contributed by atoms with Gasteiger partial charge in [0.2, 0.25) is 5.91 Å². The highest BCUT2D eigenvalue weighted by atomic mass is 16.2. The zero-order chi connectivity index (χ0) is 13.8. The molecule has 8 heteroatoms. The van der Waals surface area contributed by atoms with Gasteiger partial charge in [0.15, 0.2) is 5.65 Å². The minimum Gasteiger partial charge on any atom is -0.343 e. The SMILES string of the molecule is CN(CCC#N)C(=O)Cn1nc2cnccn2c1=O. The maximum atomic E-state index is 11.9. The fourth-order valence-electron chi connectivity index (χ4n) is 1.57. The number of nitrogens with zero attached hydrogens (tertiary/aromatic N) is 6. The molecule has 98 valence electrons. The van der Waals surface area contributed by atoms with Crippen molar-refractivity contribution in [2.24, 2.45) is 0 Å². The summed E-state index contributed by atoms with van der Waals surface area (Å²) < 4.78 is 2.40. The number of hydrogen-bond acceptors (Lipinski definition) is 5. The number of likely N-dealkylation sites (N-methyl/N-ethyl adjacent to an activating group) is 1. The first-order valence-electron chi connectivity index (χ1n) is 5.63. The van der Waals surface area contributed by atoms with Crippen molar-refractivity contribution in [3.8, 4) is 6.07 Å². The summed E-state index contributed by atoms with van der Waals surface area (Å²) in [6, 6.07) is 1.96. The van der Waals surface area contributed by atoms with E-state index < -0.39 is 0 Å². The van der Waals surface area contributed by atoms with E-state index in [0.29, 0.717) is 12.2 Å². The van der Waals surface area contributed by atoms with Gasteiger partial charge in [0.25, 0.3) is 0 Å². The number of hydrogen-bond donors (Lipinski definition) is 0. The van der Waals surface area contributed by atoms with E-state index in [2.05, 4.69) is 10.1 Å². The zero-order valence-corrected chi connectivity index (χ0v) is 10.4. The smallest absolute Gasteiger partial charge is 0.343 e. The summed E-state index contributed by atoms with van der Waals surface area (Å²) in [7, 11) is 1.59. The third-order valence-corrected chi connectivity index (χ3v) is 2.66. The second kappa shape index (κ2) is 5.30. The molecule has 0 spiro atoms. The molecule has 2 rings (SSSR count). The second-order valence-corrected chi connectivity index (χ2v) is 3.97. The summed E-state index contributed by atoms with van der Waals surface area (Å²) in [5, 5.41) is 12.5. The molecule has 19 heavy (non-hydrogen) atoms. The van der Waals surface area contributed by atoms with Gasteiger partial charge in [-0.3, -0.25) is 9.78 Å². The zero-order valence-electron chi connectivity index (χ0n) is 10.4. The van der Waals surface area contributed by atoms with Crippen LogP contribution >= 0.6 is 0 Å². The van der Waals surface area contributed by atoms with Crippen LogP contribution in [0.25, 0.3) is 5.65 Å². The molecule has 1 amide bonds. The lowest BCUT2D eigenvalue weighted by molar-refractivity contribution is -0.130. The van der Waals surface area contributed by atoms with Crippen LogP contribution in [0.1, 0.15) is 6.42 Å². The minimum absolute atomic E-state index is 0.150. The van der Waals surface area contributed by atoms with Crippen LogP contribution in [0.5, 0.6) is 0 Å². The molecule has 0 saturated heterocycles. The topological polar surface area (TPSA) is 96.3 Å². The first kappa shape index (κ1) is 12.8. The van der Waals surface area contributed by atoms with Crippen LogP contribution in [-0.2, 0) is 11.3 Å². The van der Waals surface area contributed by atoms with Crippen molar-refractivity contribution in [3.05, 3.63) is 29.1 Å². The van der Waals surface area contributed by atoms with Crippen molar-refractivity contribution in [2.75, 3.05) is 13.6 Å². The van der Waals surface area contributed by atoms with Gasteiger partial charge in [-0.15, -0.1) is 5.10 Å². The highest BCUT2D eigenvalue weighted by Crippen LogP contribution is 1.94. The Hall–Kier alpha value is -2.69. The molecule has 0 saturated carbocycles. The van der Waals surface area contributed by atoms with Crippen molar-refractivity contribution in [1.82, 2.24) is 24.1 Å². The Morgan fingerprint density at radius 1 is 1.58 bits per heavy atom. The average molecular weight is 260 g/mol. The van der Waals surface area contributed by atoms with Gasteiger partial charge in [-0.1, -0.05) is 0 Å². The number of carbonyl (C=O) groups excluding carboxylic acids is 1. The summed E-state index contributed by atoms with van der Waals surface area (Å²) in [6.07, 6.45) is 4.67. The summed E-state index contributed by atoms with van der Waals surface area (Å²) in [6.45, 7) is 0.182. The number of rotatable bonds is 4. The van der Waals surface area contributed by atoms with Gasteiger partial charge in [0, 0.05) is 26.0 Å². The number of aromatic nitrogens is 4. The summed E-state index contributed by atoms with van der Waals surface area (Å²) >= 11 is 0. The molecule has 0 N–H and O–H groups in total. The molecule has 0 atom stereocenters. The predicted molar refractivity (Wildman–Crippen MR) is 65.1 cm³/mol. The van der Waals surface area contributed by atoms with Crippen molar-refractivity contribution >= 4 is 11.6 Å². The maximum absolute atomic E-state index is 11.9. The Morgan fingerprint density at radius 3 is 3.05 bits per heavy atom. The van der Waals surface area contributed by atoms with Gasteiger partial charge in [-0.25, -0.2) is 13.9 Å². The van der Waals surface area contributed by atoms with Crippen molar-refractivity contribution in [1.29, 1.82) is 5.26 Å². The second-order valence-electron chi connectivity index (χ2n) is 3.97. The molecule has 0 aliphatic rings. The lowest BCUT2D eigenvalue weighted by Crippen LogP contribution is -2.34. The Bertz CT molecular complexity index is 695. The van der Waals surface area contributed by atoms with Gasteiger partial charge in [0.05, 0.1) is 18.7 Å². The quantitative estimate of drug-likeness (QED) is 0.721. The fraction of sp³-hybridized carbons (Fsp3) is 0.364. The van der Waals surface area contributed by atoms with Gasteiger partial charge in [-0.05, 0) is 0 Å². The van der Waals surface area contributed by atoms with Gasteiger partial charge in [-0.2, -0.15) is 5.26 Å². The van der Waals surface area contributed by atoms with E-state index in [1.165, 1.54) is 27.9 Å². The first-order chi connectivity index (χ1) is 9.13. The molecular formula is C11H12N6O2. The summed E-state index contributed by atoms with van der Waals surface area (Å²) in [4.78, 5) is 29.0. The highest BCUT2D eigenvalue weighted by molar-refractivity contribution is 5.75. The van der Waals surface area contributed by atoms with E-state index >= 15 is 0 Å². The van der Waals surface area contributed by atoms with Crippen LogP contribution in [0.3, 0.4) is 0 Å². The Morgan fingerprint density at radius 2 is 2.37 bits per heavy atom. The molecule has 8 nitrogen and oxygen atoms in total. The van der Waals surface area contributed by atoms with Gasteiger partial charge >= 0.3 is 5.69 Å². The Balaban J connectivity index is 2.18. The molecule has 2 aromatic rings. The number of fused-ring (bicyclic) bond motifs is 1. The predicted octanol–water partition coefficient (Wildman–Crippen LogP) is -0.737. The molecule has 0 radical (unpaired) electrons. The minimum atomic E-state index is -0.389. The largest absolute Gasteiger partial charge is 0.350 e. The first-order valence-corrected chi connectivity index (χ1v) is 5.63. The van der Waals surface area contributed by atoms with E-state index in [1.807, 2.05) is 6.07 Å². The highest BCUT2D eigenvalue weighted by Gasteiger charge is 2.13. The van der Waals surface area contributed by atoms with Crippen LogP contribution in [0, 0.1) is 11.3 Å². The van der Waals surface area contributed by atoms with E-state index in [4.69, 9.17) is 5.26 Å². The van der Waals surface area contributed by atoms with Gasteiger partial charge < -0.3 is 4.90 Å². The number of carbonyl (C=O) groups is 1. The van der Waals surface area contributed by atoms with Crippen LogP contribution in [0.2, 0.25) is 0 Å². The fourth-order valence-corrected chi connectivity index (χ4v) is 1.57. The summed E-state index contributed by atoms with van der Waals surface area (Å²) in [5.74, 6) is -0.270. The van der Waals surface area contributed by atoms with Crippen LogP contribution in [-0.4, -0.2) is 43.6 Å². The molecule has 0 unspecified atom stereocenters. The van der Waals surface area contributed by atoms with Crippen LogP contribution in [0.4, 0.5) is 0 Å². The Labute approximate surface area is 108 Å². The monoisotopic (exact) mass is 260 g/mol. The van der Waals surface area contributed by atoms with E-state index in [9.17, 15) is 9.59 Å². The molecule has 2 aromatic heterocycles. The number of amides is 1. The maximum Gasteiger partial charge on any atom is 0.350 e.